The van der Waals surface area contributed by atoms with Crippen LogP contribution in [0.1, 0.15) is 16.7 Å². The first-order chi connectivity index (χ1) is 12.0. The Morgan fingerprint density at radius 3 is 2.08 bits per heavy atom. The zero-order valence-electron chi connectivity index (χ0n) is 13.4. The molecule has 3 aromatic rings. The maximum absolute atomic E-state index is 9.56. The number of hydrogen-bond donors (Lipinski definition) is 1. The van der Waals surface area contributed by atoms with Crippen molar-refractivity contribution < 1.29 is 0 Å². The topological polar surface area (TPSA) is 86.5 Å². The van der Waals surface area contributed by atoms with Crippen LogP contribution in [0.5, 0.6) is 0 Å². The number of nitriles is 2. The Balaban J connectivity index is 2.28. The molecule has 0 amide bonds. The van der Waals surface area contributed by atoms with Gasteiger partial charge in [-0.15, -0.1) is 0 Å². The SMILES string of the molecule is Cc1c(-c2ccc(Br)cc2)nc(N)c(C#N)c1-c1ccc(C#N)cc1. The van der Waals surface area contributed by atoms with Crippen molar-refractivity contribution in [3.63, 3.8) is 0 Å². The van der Waals surface area contributed by atoms with Crippen LogP contribution in [0.3, 0.4) is 0 Å². The Bertz CT molecular complexity index is 1020. The molecule has 0 aliphatic heterocycles. The van der Waals surface area contributed by atoms with Crippen molar-refractivity contribution in [2.24, 2.45) is 0 Å². The van der Waals surface area contributed by atoms with Gasteiger partial charge in [-0.25, -0.2) is 4.98 Å². The summed E-state index contributed by atoms with van der Waals surface area (Å²) >= 11 is 3.42. The normalized spacial score (nSPS) is 10.1. The summed E-state index contributed by atoms with van der Waals surface area (Å²) in [4.78, 5) is 4.45. The van der Waals surface area contributed by atoms with Gasteiger partial charge in [0.05, 0.1) is 17.3 Å². The maximum Gasteiger partial charge on any atom is 0.142 e. The lowest BCUT2D eigenvalue weighted by Gasteiger charge is -2.15. The summed E-state index contributed by atoms with van der Waals surface area (Å²) in [6, 6.07) is 19.1. The Hall–Kier alpha value is -3.15. The molecule has 4 nitrogen and oxygen atoms in total. The lowest BCUT2D eigenvalue weighted by atomic mass is 9.92. The summed E-state index contributed by atoms with van der Waals surface area (Å²) in [7, 11) is 0. The molecule has 1 heterocycles. The van der Waals surface area contributed by atoms with Crippen molar-refractivity contribution in [2.45, 2.75) is 6.92 Å². The van der Waals surface area contributed by atoms with Crippen molar-refractivity contribution in [2.75, 3.05) is 5.73 Å². The first kappa shape index (κ1) is 16.7. The molecule has 25 heavy (non-hydrogen) atoms. The number of pyridine rings is 1. The molecule has 0 aliphatic rings. The molecule has 2 aromatic carbocycles. The minimum absolute atomic E-state index is 0.199. The van der Waals surface area contributed by atoms with Gasteiger partial charge in [0.25, 0.3) is 0 Å². The Morgan fingerprint density at radius 1 is 0.920 bits per heavy atom. The van der Waals surface area contributed by atoms with Gasteiger partial charge in [-0.3, -0.25) is 0 Å². The van der Waals surface area contributed by atoms with E-state index in [4.69, 9.17) is 11.0 Å². The molecule has 1 aromatic heterocycles. The van der Waals surface area contributed by atoms with E-state index < -0.39 is 0 Å². The van der Waals surface area contributed by atoms with Gasteiger partial charge < -0.3 is 5.73 Å². The predicted molar refractivity (Wildman–Crippen MR) is 101 cm³/mol. The molecule has 0 unspecified atom stereocenters. The molecule has 0 saturated heterocycles. The van der Waals surface area contributed by atoms with Crippen molar-refractivity contribution in [1.29, 1.82) is 10.5 Å². The third-order valence-electron chi connectivity index (χ3n) is 4.00. The second-order valence-electron chi connectivity index (χ2n) is 5.53. The second kappa shape index (κ2) is 6.76. The largest absolute Gasteiger partial charge is 0.383 e. The number of rotatable bonds is 2. The predicted octanol–water partition coefficient (Wildman–Crippen LogP) is 4.81. The molecule has 0 radical (unpaired) electrons. The molecule has 0 spiro atoms. The van der Waals surface area contributed by atoms with E-state index >= 15 is 0 Å². The van der Waals surface area contributed by atoms with Crippen LogP contribution in [0.4, 0.5) is 5.82 Å². The van der Waals surface area contributed by atoms with Gasteiger partial charge in [0.1, 0.15) is 17.5 Å². The lowest BCUT2D eigenvalue weighted by molar-refractivity contribution is 1.26. The molecule has 3 rings (SSSR count). The Labute approximate surface area is 154 Å². The fourth-order valence-corrected chi connectivity index (χ4v) is 3.03. The highest BCUT2D eigenvalue weighted by atomic mass is 79.9. The van der Waals surface area contributed by atoms with Crippen molar-refractivity contribution in [1.82, 2.24) is 4.98 Å². The van der Waals surface area contributed by atoms with Crippen molar-refractivity contribution >= 4 is 21.7 Å². The lowest BCUT2D eigenvalue weighted by Crippen LogP contribution is -2.03. The Kier molecular flexibility index (Phi) is 4.52. The van der Waals surface area contributed by atoms with Crippen LogP contribution < -0.4 is 5.73 Å². The van der Waals surface area contributed by atoms with Crippen molar-refractivity contribution in [3.8, 4) is 34.5 Å². The average Bonchev–Trinajstić information content (AvgIpc) is 2.64. The molecule has 2 N–H and O–H groups in total. The van der Waals surface area contributed by atoms with Gasteiger partial charge in [-0.1, -0.05) is 40.2 Å². The fourth-order valence-electron chi connectivity index (χ4n) is 2.77. The number of aromatic nitrogens is 1. The van der Waals surface area contributed by atoms with Crippen LogP contribution in [0, 0.1) is 29.6 Å². The van der Waals surface area contributed by atoms with Gasteiger partial charge in [-0.2, -0.15) is 10.5 Å². The van der Waals surface area contributed by atoms with Gasteiger partial charge in [0.2, 0.25) is 0 Å². The monoisotopic (exact) mass is 388 g/mol. The van der Waals surface area contributed by atoms with E-state index in [0.29, 0.717) is 11.1 Å². The second-order valence-corrected chi connectivity index (χ2v) is 6.44. The van der Waals surface area contributed by atoms with E-state index in [1.807, 2.05) is 43.3 Å². The van der Waals surface area contributed by atoms with E-state index in [1.54, 1.807) is 12.1 Å². The molecule has 0 bridgehead atoms. The molecule has 0 atom stereocenters. The minimum Gasteiger partial charge on any atom is -0.383 e. The van der Waals surface area contributed by atoms with E-state index in [2.05, 4.69) is 33.1 Å². The third-order valence-corrected chi connectivity index (χ3v) is 4.53. The van der Waals surface area contributed by atoms with E-state index in [-0.39, 0.29) is 5.82 Å². The summed E-state index contributed by atoms with van der Waals surface area (Å²) in [5.41, 5.74) is 11.1. The zero-order valence-corrected chi connectivity index (χ0v) is 15.0. The zero-order chi connectivity index (χ0) is 18.0. The summed E-state index contributed by atoms with van der Waals surface area (Å²) in [5, 5.41) is 18.5. The van der Waals surface area contributed by atoms with Gasteiger partial charge in [0, 0.05) is 15.6 Å². The fraction of sp³-hybridized carbons (Fsp3) is 0.0500. The summed E-state index contributed by atoms with van der Waals surface area (Å²) in [6.45, 7) is 1.93. The number of nitrogens with two attached hydrogens (primary N) is 1. The molecule has 0 aliphatic carbocycles. The van der Waals surface area contributed by atoms with Crippen LogP contribution in [0.2, 0.25) is 0 Å². The summed E-state index contributed by atoms with van der Waals surface area (Å²) in [6.07, 6.45) is 0. The molecular weight excluding hydrogens is 376 g/mol. The molecule has 0 fully saturated rings. The number of benzene rings is 2. The molecule has 0 saturated carbocycles. The van der Waals surface area contributed by atoms with Crippen LogP contribution >= 0.6 is 15.9 Å². The number of hydrogen-bond acceptors (Lipinski definition) is 4. The van der Waals surface area contributed by atoms with Crippen LogP contribution in [0.15, 0.2) is 53.0 Å². The highest BCUT2D eigenvalue weighted by Crippen LogP contribution is 2.36. The highest BCUT2D eigenvalue weighted by molar-refractivity contribution is 9.10. The first-order valence-corrected chi connectivity index (χ1v) is 8.31. The molecular formula is C20H13BrN4. The smallest absolute Gasteiger partial charge is 0.142 e. The van der Waals surface area contributed by atoms with Gasteiger partial charge in [0.15, 0.2) is 0 Å². The maximum atomic E-state index is 9.56. The first-order valence-electron chi connectivity index (χ1n) is 7.51. The van der Waals surface area contributed by atoms with Gasteiger partial charge >= 0.3 is 0 Å². The van der Waals surface area contributed by atoms with E-state index in [1.165, 1.54) is 0 Å². The highest BCUT2D eigenvalue weighted by Gasteiger charge is 2.18. The van der Waals surface area contributed by atoms with Crippen LogP contribution in [-0.4, -0.2) is 4.98 Å². The average molecular weight is 389 g/mol. The Morgan fingerprint density at radius 2 is 1.52 bits per heavy atom. The molecule has 120 valence electrons. The van der Waals surface area contributed by atoms with Gasteiger partial charge in [-0.05, 0) is 42.3 Å². The molecule has 5 heteroatoms. The summed E-state index contributed by atoms with van der Waals surface area (Å²) < 4.78 is 0.975. The van der Waals surface area contributed by atoms with E-state index in [0.717, 1.165) is 32.4 Å². The minimum atomic E-state index is 0.199. The third kappa shape index (κ3) is 3.10. The quantitative estimate of drug-likeness (QED) is 0.681. The number of anilines is 1. The van der Waals surface area contributed by atoms with Crippen LogP contribution in [-0.2, 0) is 0 Å². The number of nitrogen functional groups attached to an aromatic ring is 1. The van der Waals surface area contributed by atoms with Crippen molar-refractivity contribution in [3.05, 3.63) is 69.7 Å². The standard InChI is InChI=1S/C20H13BrN4/c1-12-18(14-4-2-13(10-22)3-5-14)17(11-23)20(24)25-19(12)15-6-8-16(21)9-7-15/h2-9H,1H3,(H2,24,25). The summed E-state index contributed by atoms with van der Waals surface area (Å²) in [5.74, 6) is 0.199. The number of halogens is 1. The van der Waals surface area contributed by atoms with E-state index in [9.17, 15) is 5.26 Å². The van der Waals surface area contributed by atoms with Crippen LogP contribution in [0.25, 0.3) is 22.4 Å². The number of nitrogens with zero attached hydrogens (tertiary/aromatic N) is 3.